The summed E-state index contributed by atoms with van der Waals surface area (Å²) in [5, 5.41) is 3.63. The van der Waals surface area contributed by atoms with Crippen molar-refractivity contribution in [1.82, 2.24) is 5.32 Å². The smallest absolute Gasteiger partial charge is 0.175 e. The summed E-state index contributed by atoms with van der Waals surface area (Å²) in [6.45, 7) is 4.63. The summed E-state index contributed by atoms with van der Waals surface area (Å²) >= 11 is 3.64. The van der Waals surface area contributed by atoms with E-state index in [0.717, 1.165) is 35.4 Å². The monoisotopic (exact) mass is 339 g/mol. The van der Waals surface area contributed by atoms with Gasteiger partial charge in [-0.2, -0.15) is 0 Å². The van der Waals surface area contributed by atoms with E-state index in [1.54, 1.807) is 0 Å². The fraction of sp³-hybridized carbons (Fsp3) is 0.625. The standard InChI is InChI=1S/C16H22BrNO2/c1-2-13-11(9-12-5-3-4-6-18-12)10-14(17)16-15(13)19-7-8-20-16/h10,12,18H,2-9H2,1H3. The third-order valence-electron chi connectivity index (χ3n) is 4.19. The molecule has 1 aromatic carbocycles. The van der Waals surface area contributed by atoms with Gasteiger partial charge in [0, 0.05) is 11.6 Å². The number of halogens is 1. The van der Waals surface area contributed by atoms with Crippen LogP contribution in [0.15, 0.2) is 10.5 Å². The van der Waals surface area contributed by atoms with Crippen molar-refractivity contribution in [2.75, 3.05) is 19.8 Å². The van der Waals surface area contributed by atoms with Crippen molar-refractivity contribution >= 4 is 15.9 Å². The van der Waals surface area contributed by atoms with Gasteiger partial charge >= 0.3 is 0 Å². The summed E-state index contributed by atoms with van der Waals surface area (Å²) in [7, 11) is 0. The molecule has 3 rings (SSSR count). The van der Waals surface area contributed by atoms with Crippen LogP contribution in [0.2, 0.25) is 0 Å². The average Bonchev–Trinajstić information content (AvgIpc) is 2.49. The molecule has 0 spiro atoms. The molecular weight excluding hydrogens is 318 g/mol. The van der Waals surface area contributed by atoms with Crippen molar-refractivity contribution in [3.8, 4) is 11.5 Å². The first kappa shape index (κ1) is 14.2. The zero-order valence-electron chi connectivity index (χ0n) is 12.0. The number of fused-ring (bicyclic) bond motifs is 1. The second-order valence-electron chi connectivity index (χ2n) is 5.56. The highest BCUT2D eigenvalue weighted by Crippen LogP contribution is 2.42. The van der Waals surface area contributed by atoms with Crippen LogP contribution in [-0.2, 0) is 12.8 Å². The van der Waals surface area contributed by atoms with Crippen LogP contribution in [0.4, 0.5) is 0 Å². The van der Waals surface area contributed by atoms with Crippen molar-refractivity contribution in [3.05, 3.63) is 21.7 Å². The summed E-state index contributed by atoms with van der Waals surface area (Å²) in [5.41, 5.74) is 2.71. The normalized spacial score (nSPS) is 21.8. The van der Waals surface area contributed by atoms with E-state index in [9.17, 15) is 0 Å². The Morgan fingerprint density at radius 2 is 2.05 bits per heavy atom. The van der Waals surface area contributed by atoms with Crippen LogP contribution in [0.5, 0.6) is 11.5 Å². The topological polar surface area (TPSA) is 30.5 Å². The zero-order chi connectivity index (χ0) is 13.9. The van der Waals surface area contributed by atoms with E-state index >= 15 is 0 Å². The molecule has 0 saturated carbocycles. The molecule has 0 aromatic heterocycles. The fourth-order valence-corrected chi connectivity index (χ4v) is 3.78. The minimum absolute atomic E-state index is 0.600. The van der Waals surface area contributed by atoms with Gasteiger partial charge in [-0.05, 0) is 59.8 Å². The maximum Gasteiger partial charge on any atom is 0.175 e. The molecule has 0 aliphatic carbocycles. The van der Waals surface area contributed by atoms with Crippen molar-refractivity contribution in [2.24, 2.45) is 0 Å². The molecule has 1 fully saturated rings. The van der Waals surface area contributed by atoms with Crippen molar-refractivity contribution < 1.29 is 9.47 Å². The second kappa shape index (κ2) is 6.35. The number of benzene rings is 1. The summed E-state index contributed by atoms with van der Waals surface area (Å²) in [5.74, 6) is 1.84. The summed E-state index contributed by atoms with van der Waals surface area (Å²) in [4.78, 5) is 0. The van der Waals surface area contributed by atoms with E-state index in [-0.39, 0.29) is 0 Å². The predicted octanol–water partition coefficient (Wildman–Crippen LogP) is 3.47. The summed E-state index contributed by atoms with van der Waals surface area (Å²) in [6, 6.07) is 2.83. The summed E-state index contributed by atoms with van der Waals surface area (Å²) < 4.78 is 12.7. The molecule has 3 nitrogen and oxygen atoms in total. The number of piperidine rings is 1. The second-order valence-corrected chi connectivity index (χ2v) is 6.41. The minimum atomic E-state index is 0.600. The van der Waals surface area contributed by atoms with Crippen LogP contribution in [0.1, 0.15) is 37.3 Å². The van der Waals surface area contributed by atoms with Crippen LogP contribution in [-0.4, -0.2) is 25.8 Å². The van der Waals surface area contributed by atoms with Gasteiger partial charge in [0.05, 0.1) is 4.47 Å². The van der Waals surface area contributed by atoms with E-state index in [1.807, 2.05) is 0 Å². The lowest BCUT2D eigenvalue weighted by atomic mass is 9.93. The quantitative estimate of drug-likeness (QED) is 0.914. The lowest BCUT2D eigenvalue weighted by molar-refractivity contribution is 0.168. The van der Waals surface area contributed by atoms with Crippen molar-refractivity contribution in [2.45, 2.75) is 45.1 Å². The number of rotatable bonds is 3. The van der Waals surface area contributed by atoms with E-state index in [4.69, 9.17) is 9.47 Å². The van der Waals surface area contributed by atoms with Crippen LogP contribution in [0.25, 0.3) is 0 Å². The lowest BCUT2D eigenvalue weighted by Crippen LogP contribution is -2.35. The molecule has 20 heavy (non-hydrogen) atoms. The number of hydrogen-bond acceptors (Lipinski definition) is 3. The SMILES string of the molecule is CCc1c(CC2CCCCN2)cc(Br)c2c1OCCO2. The first-order valence-corrected chi connectivity index (χ1v) is 8.42. The van der Waals surface area contributed by atoms with Gasteiger partial charge in [-0.1, -0.05) is 13.3 Å². The molecule has 1 unspecified atom stereocenters. The third kappa shape index (κ3) is 2.82. The number of ether oxygens (including phenoxy) is 2. The highest BCUT2D eigenvalue weighted by molar-refractivity contribution is 9.10. The van der Waals surface area contributed by atoms with Crippen molar-refractivity contribution in [1.29, 1.82) is 0 Å². The van der Waals surface area contributed by atoms with E-state index in [1.165, 1.54) is 30.4 Å². The number of nitrogens with one attached hydrogen (secondary N) is 1. The molecule has 4 heteroatoms. The first-order valence-electron chi connectivity index (χ1n) is 7.62. The Labute approximate surface area is 129 Å². The predicted molar refractivity (Wildman–Crippen MR) is 83.9 cm³/mol. The molecule has 1 N–H and O–H groups in total. The van der Waals surface area contributed by atoms with Gasteiger partial charge in [-0.3, -0.25) is 0 Å². The Balaban J connectivity index is 1.91. The van der Waals surface area contributed by atoms with Crippen LogP contribution >= 0.6 is 15.9 Å². The van der Waals surface area contributed by atoms with E-state index in [0.29, 0.717) is 19.3 Å². The van der Waals surface area contributed by atoms with E-state index in [2.05, 4.69) is 34.2 Å². The first-order chi connectivity index (χ1) is 9.79. The Kier molecular flexibility index (Phi) is 4.51. The average molecular weight is 340 g/mol. The maximum atomic E-state index is 5.88. The summed E-state index contributed by atoms with van der Waals surface area (Å²) in [6.07, 6.45) is 5.99. The Morgan fingerprint density at radius 3 is 2.75 bits per heavy atom. The van der Waals surface area contributed by atoms with Crippen LogP contribution in [0.3, 0.4) is 0 Å². The van der Waals surface area contributed by atoms with Gasteiger partial charge in [0.25, 0.3) is 0 Å². The molecule has 110 valence electrons. The molecule has 1 atom stereocenters. The highest BCUT2D eigenvalue weighted by atomic mass is 79.9. The molecule has 0 bridgehead atoms. The Morgan fingerprint density at radius 1 is 1.25 bits per heavy atom. The minimum Gasteiger partial charge on any atom is -0.486 e. The molecule has 0 radical (unpaired) electrons. The van der Waals surface area contributed by atoms with Crippen LogP contribution in [0, 0.1) is 0 Å². The largest absolute Gasteiger partial charge is 0.486 e. The highest BCUT2D eigenvalue weighted by Gasteiger charge is 2.23. The molecule has 2 heterocycles. The molecule has 2 aliphatic heterocycles. The third-order valence-corrected chi connectivity index (χ3v) is 4.78. The van der Waals surface area contributed by atoms with Gasteiger partial charge in [-0.25, -0.2) is 0 Å². The fourth-order valence-electron chi connectivity index (χ4n) is 3.20. The van der Waals surface area contributed by atoms with Crippen molar-refractivity contribution in [3.63, 3.8) is 0 Å². The molecule has 1 saturated heterocycles. The van der Waals surface area contributed by atoms with Gasteiger partial charge < -0.3 is 14.8 Å². The molecule has 1 aromatic rings. The molecule has 2 aliphatic rings. The van der Waals surface area contributed by atoms with Gasteiger partial charge in [0.1, 0.15) is 13.2 Å². The van der Waals surface area contributed by atoms with E-state index < -0.39 is 0 Å². The van der Waals surface area contributed by atoms with Gasteiger partial charge in [-0.15, -0.1) is 0 Å². The van der Waals surface area contributed by atoms with Gasteiger partial charge in [0.15, 0.2) is 11.5 Å². The molecular formula is C16H22BrNO2. The lowest BCUT2D eigenvalue weighted by Gasteiger charge is -2.27. The van der Waals surface area contributed by atoms with Crippen LogP contribution < -0.4 is 14.8 Å². The maximum absolute atomic E-state index is 5.88. The Bertz CT molecular complexity index is 484. The van der Waals surface area contributed by atoms with Gasteiger partial charge in [0.2, 0.25) is 0 Å². The number of hydrogen-bond donors (Lipinski definition) is 1. The zero-order valence-corrected chi connectivity index (χ0v) is 13.6. The Hall–Kier alpha value is -0.740. The molecule has 0 amide bonds.